The van der Waals surface area contributed by atoms with Crippen LogP contribution in [0.5, 0.6) is 5.75 Å². The number of anilines is 1. The number of amides is 1. The molecule has 1 fully saturated rings. The number of carbonyl (C=O) groups is 2. The summed E-state index contributed by atoms with van der Waals surface area (Å²) in [7, 11) is 1.61. The summed E-state index contributed by atoms with van der Waals surface area (Å²) in [6, 6.07) is 11.4. The second-order valence-corrected chi connectivity index (χ2v) is 10.3. The quantitative estimate of drug-likeness (QED) is 0.298. The van der Waals surface area contributed by atoms with Gasteiger partial charge in [0.15, 0.2) is 0 Å². The highest BCUT2D eigenvalue weighted by atomic mass is 19.3. The number of para-hydroxylation sites is 1. The largest absolute Gasteiger partial charge is 0.481 e. The standard InChI is InChI=1S/C29H30F2N6O6/c1-17-15-35(9-10-36(17)27(42)23(38)12-25(39)40)29-32-13-20(14-33-29)18-7-8-21-22(11-18)37(34(2)26(21)41)16-19-5-3-4-6-24(19)43-28(30)31/h3-8,11,13-14,17,23,28,38H,9-10,12,15-16H2,1-2H3,(H,39,40)/t17-,23+/m1/s1. The Kier molecular flexibility index (Phi) is 8.39. The van der Waals surface area contributed by atoms with Crippen molar-refractivity contribution in [3.63, 3.8) is 0 Å². The predicted molar refractivity (Wildman–Crippen MR) is 152 cm³/mol. The van der Waals surface area contributed by atoms with Gasteiger partial charge in [-0.2, -0.15) is 8.78 Å². The fourth-order valence-corrected chi connectivity index (χ4v) is 5.29. The number of aromatic nitrogens is 4. The van der Waals surface area contributed by atoms with Gasteiger partial charge in [0.2, 0.25) is 5.95 Å². The van der Waals surface area contributed by atoms with Gasteiger partial charge in [-0.1, -0.05) is 24.3 Å². The number of fused-ring (bicyclic) bond motifs is 1. The van der Waals surface area contributed by atoms with Crippen molar-refractivity contribution >= 4 is 28.7 Å². The van der Waals surface area contributed by atoms with E-state index in [4.69, 9.17) is 5.11 Å². The van der Waals surface area contributed by atoms with Crippen LogP contribution >= 0.6 is 0 Å². The monoisotopic (exact) mass is 596 g/mol. The predicted octanol–water partition coefficient (Wildman–Crippen LogP) is 2.32. The lowest BCUT2D eigenvalue weighted by atomic mass is 10.1. The Labute approximate surface area is 244 Å². The number of ether oxygens (including phenoxy) is 1. The van der Waals surface area contributed by atoms with E-state index in [-0.39, 0.29) is 30.4 Å². The van der Waals surface area contributed by atoms with Crippen LogP contribution in [0.2, 0.25) is 0 Å². The van der Waals surface area contributed by atoms with Crippen LogP contribution in [-0.2, 0) is 23.2 Å². The fourth-order valence-electron chi connectivity index (χ4n) is 5.29. The SMILES string of the molecule is C[C@@H]1CN(c2ncc(-c3ccc4c(=O)n(C)n(Cc5ccccc5OC(F)F)c4c3)cn2)CCN1C(=O)[C@@H](O)CC(=O)O. The summed E-state index contributed by atoms with van der Waals surface area (Å²) in [5, 5.41) is 19.3. The Balaban J connectivity index is 1.35. The van der Waals surface area contributed by atoms with E-state index in [1.54, 1.807) is 61.4 Å². The Hall–Kier alpha value is -4.85. The third-order valence-corrected chi connectivity index (χ3v) is 7.49. The van der Waals surface area contributed by atoms with Gasteiger partial charge in [-0.15, -0.1) is 0 Å². The van der Waals surface area contributed by atoms with E-state index in [9.17, 15) is 28.3 Å². The summed E-state index contributed by atoms with van der Waals surface area (Å²) in [6.45, 7) is 0.00982. The molecule has 0 aliphatic carbocycles. The normalized spacial score (nSPS) is 16.1. The molecule has 0 unspecified atom stereocenters. The average Bonchev–Trinajstić information content (AvgIpc) is 3.21. The first-order valence-electron chi connectivity index (χ1n) is 13.5. The molecule has 0 radical (unpaired) electrons. The number of rotatable bonds is 9. The number of carboxylic acid groups (broad SMARTS) is 1. The molecule has 0 bridgehead atoms. The fraction of sp³-hybridized carbons (Fsp3) is 0.345. The zero-order chi connectivity index (χ0) is 30.8. The number of aliphatic hydroxyl groups excluding tert-OH is 1. The van der Waals surface area contributed by atoms with Crippen LogP contribution in [0, 0.1) is 0 Å². The van der Waals surface area contributed by atoms with Crippen LogP contribution in [0.15, 0.2) is 59.7 Å². The summed E-state index contributed by atoms with van der Waals surface area (Å²) in [5.74, 6) is -1.39. The van der Waals surface area contributed by atoms with Crippen molar-refractivity contribution in [2.75, 3.05) is 24.5 Å². The molecule has 3 heterocycles. The molecule has 2 N–H and O–H groups in total. The van der Waals surface area contributed by atoms with Gasteiger partial charge in [0.05, 0.1) is 23.9 Å². The van der Waals surface area contributed by atoms with Gasteiger partial charge >= 0.3 is 12.6 Å². The van der Waals surface area contributed by atoms with Gasteiger partial charge in [-0.25, -0.2) is 9.97 Å². The van der Waals surface area contributed by atoms with E-state index in [1.165, 1.54) is 15.6 Å². The van der Waals surface area contributed by atoms with Crippen molar-refractivity contribution in [2.24, 2.45) is 7.05 Å². The Bertz CT molecular complexity index is 1710. The molecule has 12 nitrogen and oxygen atoms in total. The number of aliphatic hydroxyl groups is 1. The molecule has 0 saturated carbocycles. The first-order chi connectivity index (χ1) is 20.5. The third kappa shape index (κ3) is 6.18. The number of benzene rings is 2. The highest BCUT2D eigenvalue weighted by Crippen LogP contribution is 2.27. The van der Waals surface area contributed by atoms with Crippen LogP contribution in [0.25, 0.3) is 22.0 Å². The lowest BCUT2D eigenvalue weighted by Gasteiger charge is -2.40. The number of alkyl halides is 2. The molecule has 1 aliphatic rings. The van der Waals surface area contributed by atoms with Gasteiger partial charge in [0.1, 0.15) is 11.9 Å². The van der Waals surface area contributed by atoms with Crippen LogP contribution < -0.4 is 15.2 Å². The molecule has 1 aliphatic heterocycles. The maximum absolute atomic E-state index is 13.0. The lowest BCUT2D eigenvalue weighted by molar-refractivity contribution is -0.150. The van der Waals surface area contributed by atoms with E-state index < -0.39 is 31.0 Å². The summed E-state index contributed by atoms with van der Waals surface area (Å²) in [4.78, 5) is 48.7. The number of piperazine rings is 1. The second kappa shape index (κ2) is 12.2. The number of carboxylic acids is 1. The van der Waals surface area contributed by atoms with E-state index >= 15 is 0 Å². The van der Waals surface area contributed by atoms with Crippen molar-refractivity contribution < 1.29 is 33.3 Å². The molecule has 4 aromatic rings. The van der Waals surface area contributed by atoms with Crippen molar-refractivity contribution in [1.29, 1.82) is 0 Å². The molecule has 1 saturated heterocycles. The molecule has 43 heavy (non-hydrogen) atoms. The highest BCUT2D eigenvalue weighted by Gasteiger charge is 2.32. The van der Waals surface area contributed by atoms with Crippen LogP contribution in [-0.4, -0.2) is 84.7 Å². The van der Waals surface area contributed by atoms with Gasteiger partial charge < -0.3 is 24.7 Å². The molecule has 14 heteroatoms. The number of nitrogens with zero attached hydrogens (tertiary/aromatic N) is 6. The minimum absolute atomic E-state index is 0.0305. The Morgan fingerprint density at radius 2 is 1.81 bits per heavy atom. The summed E-state index contributed by atoms with van der Waals surface area (Å²) in [6.07, 6.45) is 1.06. The van der Waals surface area contributed by atoms with E-state index in [2.05, 4.69) is 14.7 Å². The average molecular weight is 597 g/mol. The second-order valence-electron chi connectivity index (χ2n) is 10.3. The summed E-state index contributed by atoms with van der Waals surface area (Å²) in [5.41, 5.74) is 2.28. The van der Waals surface area contributed by atoms with Crippen molar-refractivity contribution in [2.45, 2.75) is 38.6 Å². The topological polar surface area (TPSA) is 143 Å². The van der Waals surface area contributed by atoms with E-state index in [0.29, 0.717) is 41.1 Å². The van der Waals surface area contributed by atoms with Gasteiger partial charge in [0.25, 0.3) is 11.5 Å². The van der Waals surface area contributed by atoms with Crippen molar-refractivity contribution in [3.05, 3.63) is 70.8 Å². The first kappa shape index (κ1) is 29.6. The lowest BCUT2D eigenvalue weighted by Crippen LogP contribution is -2.56. The van der Waals surface area contributed by atoms with Crippen molar-refractivity contribution in [3.8, 4) is 16.9 Å². The molecule has 2 aromatic heterocycles. The molecule has 5 rings (SSSR count). The number of carbonyl (C=O) groups excluding carboxylic acids is 1. The number of hydrogen-bond acceptors (Lipinski definition) is 8. The minimum Gasteiger partial charge on any atom is -0.481 e. The Morgan fingerprint density at radius 3 is 2.49 bits per heavy atom. The zero-order valence-corrected chi connectivity index (χ0v) is 23.4. The minimum atomic E-state index is -2.98. The van der Waals surface area contributed by atoms with E-state index in [1.807, 2.05) is 11.0 Å². The Morgan fingerprint density at radius 1 is 1.09 bits per heavy atom. The van der Waals surface area contributed by atoms with Gasteiger partial charge in [-0.3, -0.25) is 23.7 Å². The molecular formula is C29H30F2N6O6. The smallest absolute Gasteiger partial charge is 0.387 e. The van der Waals surface area contributed by atoms with Crippen LogP contribution in [0.3, 0.4) is 0 Å². The first-order valence-corrected chi connectivity index (χ1v) is 13.5. The van der Waals surface area contributed by atoms with Crippen molar-refractivity contribution in [1.82, 2.24) is 24.2 Å². The highest BCUT2D eigenvalue weighted by molar-refractivity contribution is 5.86. The molecule has 1 amide bonds. The van der Waals surface area contributed by atoms with Crippen LogP contribution in [0.1, 0.15) is 18.9 Å². The molecule has 2 aromatic carbocycles. The maximum Gasteiger partial charge on any atom is 0.387 e. The summed E-state index contributed by atoms with van der Waals surface area (Å²) >= 11 is 0. The molecular weight excluding hydrogens is 566 g/mol. The number of halogens is 2. The summed E-state index contributed by atoms with van der Waals surface area (Å²) < 4.78 is 33.7. The maximum atomic E-state index is 13.0. The third-order valence-electron chi connectivity index (χ3n) is 7.49. The van der Waals surface area contributed by atoms with Gasteiger partial charge in [0, 0.05) is 56.2 Å². The van der Waals surface area contributed by atoms with E-state index in [0.717, 1.165) is 5.56 Å². The molecule has 0 spiro atoms. The van der Waals surface area contributed by atoms with Gasteiger partial charge in [-0.05, 0) is 30.7 Å². The number of hydrogen-bond donors (Lipinski definition) is 2. The molecule has 226 valence electrons. The molecule has 2 atom stereocenters. The number of aliphatic carboxylic acids is 1. The zero-order valence-electron chi connectivity index (χ0n) is 23.4. The van der Waals surface area contributed by atoms with Crippen LogP contribution in [0.4, 0.5) is 14.7 Å².